The second kappa shape index (κ2) is 18.5. The Morgan fingerprint density at radius 2 is 1.50 bits per heavy atom. The molecule has 0 aliphatic heterocycles. The van der Waals surface area contributed by atoms with Gasteiger partial charge in [0, 0.05) is 24.6 Å². The van der Waals surface area contributed by atoms with Gasteiger partial charge in [0.05, 0.1) is 13.2 Å². The monoisotopic (exact) mass is 571 g/mol. The highest BCUT2D eigenvalue weighted by molar-refractivity contribution is 5.86. The summed E-state index contributed by atoms with van der Waals surface area (Å²) in [6, 6.07) is -0.0872. The highest BCUT2D eigenvalue weighted by Gasteiger charge is 2.42. The van der Waals surface area contributed by atoms with Gasteiger partial charge in [-0.1, -0.05) is 53.0 Å². The van der Waals surface area contributed by atoms with Gasteiger partial charge in [-0.3, -0.25) is 4.79 Å². The molecule has 2 unspecified atom stereocenters. The molecule has 3 amide bonds. The van der Waals surface area contributed by atoms with Gasteiger partial charge in [-0.05, 0) is 49.9 Å². The number of hydrogen-bond acceptors (Lipinski definition) is 7. The Bertz CT molecular complexity index is 836. The molecule has 230 valence electrons. The lowest BCUT2D eigenvalue weighted by molar-refractivity contribution is -0.138. The van der Waals surface area contributed by atoms with Crippen molar-refractivity contribution in [1.82, 2.24) is 16.0 Å². The standard InChI is InChI=1S/C29H50FN3O7/c1-22(2)25(35)38-17-14-31-26(36)39-15-11-9-7-6-8-10-12-24(34)32-21-29(5)19-23(18-28(3,4)20-29)33-27(37)40-16-13-30/h23H,1,6-21H2,2-5H3,(H,31,36)(H,32,34)(H,33,37). The van der Waals surface area contributed by atoms with E-state index >= 15 is 0 Å². The number of alkyl carbamates (subject to hydrolysis) is 2. The Kier molecular flexibility index (Phi) is 16.3. The number of alkyl halides is 1. The van der Waals surface area contributed by atoms with E-state index in [9.17, 15) is 23.6 Å². The predicted octanol–water partition coefficient (Wildman–Crippen LogP) is 4.96. The van der Waals surface area contributed by atoms with Crippen molar-refractivity contribution in [2.24, 2.45) is 10.8 Å². The van der Waals surface area contributed by atoms with Gasteiger partial charge < -0.3 is 30.2 Å². The molecule has 3 N–H and O–H groups in total. The molecule has 0 saturated heterocycles. The third-order valence-corrected chi connectivity index (χ3v) is 6.77. The van der Waals surface area contributed by atoms with Gasteiger partial charge in [-0.15, -0.1) is 0 Å². The first-order chi connectivity index (χ1) is 18.9. The van der Waals surface area contributed by atoms with Crippen LogP contribution in [0.4, 0.5) is 14.0 Å². The summed E-state index contributed by atoms with van der Waals surface area (Å²) in [6.07, 6.45) is 7.25. The molecule has 0 aromatic carbocycles. The molecule has 10 nitrogen and oxygen atoms in total. The highest BCUT2D eigenvalue weighted by Crippen LogP contribution is 2.45. The van der Waals surface area contributed by atoms with Crippen molar-refractivity contribution in [3.05, 3.63) is 12.2 Å². The van der Waals surface area contributed by atoms with Crippen molar-refractivity contribution in [2.75, 3.05) is 39.6 Å². The summed E-state index contributed by atoms with van der Waals surface area (Å²) in [5, 5.41) is 8.46. The van der Waals surface area contributed by atoms with Crippen molar-refractivity contribution < 1.29 is 37.8 Å². The molecule has 1 rings (SSSR count). The molecule has 0 radical (unpaired) electrons. The van der Waals surface area contributed by atoms with E-state index in [1.165, 1.54) is 0 Å². The van der Waals surface area contributed by atoms with Crippen molar-refractivity contribution in [2.45, 2.75) is 97.9 Å². The third kappa shape index (κ3) is 16.3. The van der Waals surface area contributed by atoms with Crippen LogP contribution in [0, 0.1) is 10.8 Å². The normalized spacial score (nSPS) is 19.7. The Hall–Kier alpha value is -2.85. The zero-order chi connectivity index (χ0) is 30.0. The molecule has 0 aromatic rings. The van der Waals surface area contributed by atoms with Crippen LogP contribution in [0.1, 0.15) is 91.9 Å². The number of unbranched alkanes of at least 4 members (excludes halogenated alkanes) is 5. The predicted molar refractivity (Wildman–Crippen MR) is 150 cm³/mol. The van der Waals surface area contributed by atoms with Gasteiger partial charge >= 0.3 is 18.2 Å². The van der Waals surface area contributed by atoms with Crippen molar-refractivity contribution in [1.29, 1.82) is 0 Å². The number of rotatable bonds is 18. The van der Waals surface area contributed by atoms with E-state index in [1.807, 2.05) is 0 Å². The molecule has 11 heteroatoms. The Balaban J connectivity index is 2.12. The lowest BCUT2D eigenvalue weighted by Crippen LogP contribution is -2.50. The SMILES string of the molecule is C=C(C)C(=O)OCCNC(=O)OCCCCCCCCC(=O)NCC1(C)CC(NC(=O)OCCF)CC(C)(C)C1. The molecule has 40 heavy (non-hydrogen) atoms. The minimum atomic E-state index is -0.706. The summed E-state index contributed by atoms with van der Waals surface area (Å²) in [5.41, 5.74) is 0.139. The van der Waals surface area contributed by atoms with Gasteiger partial charge in [0.2, 0.25) is 5.91 Å². The second-order valence-corrected chi connectivity index (χ2v) is 11.9. The zero-order valence-corrected chi connectivity index (χ0v) is 24.8. The van der Waals surface area contributed by atoms with Gasteiger partial charge in [0.15, 0.2) is 0 Å². The smallest absolute Gasteiger partial charge is 0.407 e. The average Bonchev–Trinajstić information content (AvgIpc) is 2.86. The van der Waals surface area contributed by atoms with Gasteiger partial charge in [0.25, 0.3) is 0 Å². The van der Waals surface area contributed by atoms with E-state index in [0.29, 0.717) is 25.1 Å². The van der Waals surface area contributed by atoms with Crippen molar-refractivity contribution >= 4 is 24.1 Å². The molecule has 1 saturated carbocycles. The molecule has 2 atom stereocenters. The van der Waals surface area contributed by atoms with Crippen LogP contribution in [0.5, 0.6) is 0 Å². The first-order valence-corrected chi connectivity index (χ1v) is 14.3. The first kappa shape index (κ1) is 35.2. The number of halogens is 1. The van der Waals surface area contributed by atoms with Crippen LogP contribution in [0.25, 0.3) is 0 Å². The Morgan fingerprint density at radius 3 is 2.17 bits per heavy atom. The van der Waals surface area contributed by atoms with E-state index in [-0.39, 0.29) is 42.5 Å². The third-order valence-electron chi connectivity index (χ3n) is 6.77. The number of carbonyl (C=O) groups excluding carboxylic acids is 4. The van der Waals surface area contributed by atoms with E-state index in [2.05, 4.69) is 43.3 Å². The minimum absolute atomic E-state index is 0.00816. The fourth-order valence-corrected chi connectivity index (χ4v) is 5.34. The molecular formula is C29H50FN3O7. The topological polar surface area (TPSA) is 132 Å². The Labute approximate surface area is 238 Å². The number of nitrogens with one attached hydrogen (secondary N) is 3. The molecule has 1 aliphatic carbocycles. The van der Waals surface area contributed by atoms with E-state index < -0.39 is 24.8 Å². The molecule has 1 fully saturated rings. The second-order valence-electron chi connectivity index (χ2n) is 11.9. The highest BCUT2D eigenvalue weighted by atomic mass is 19.1. The minimum Gasteiger partial charge on any atom is -0.460 e. The average molecular weight is 572 g/mol. The van der Waals surface area contributed by atoms with Crippen molar-refractivity contribution in [3.8, 4) is 0 Å². The summed E-state index contributed by atoms with van der Waals surface area (Å²) >= 11 is 0. The zero-order valence-electron chi connectivity index (χ0n) is 24.8. The quantitative estimate of drug-likeness (QED) is 0.0917. The van der Waals surface area contributed by atoms with E-state index in [0.717, 1.165) is 57.8 Å². The van der Waals surface area contributed by atoms with Crippen LogP contribution >= 0.6 is 0 Å². The van der Waals surface area contributed by atoms with Gasteiger partial charge in [0.1, 0.15) is 19.9 Å². The van der Waals surface area contributed by atoms with Crippen LogP contribution < -0.4 is 16.0 Å². The van der Waals surface area contributed by atoms with Crippen LogP contribution in [0.3, 0.4) is 0 Å². The number of esters is 1. The lowest BCUT2D eigenvalue weighted by atomic mass is 9.62. The Morgan fingerprint density at radius 1 is 0.850 bits per heavy atom. The molecule has 0 heterocycles. The number of amides is 3. The summed E-state index contributed by atoms with van der Waals surface area (Å²) in [4.78, 5) is 47.2. The van der Waals surface area contributed by atoms with Gasteiger partial charge in [-0.2, -0.15) is 0 Å². The maximum atomic E-state index is 12.4. The fourth-order valence-electron chi connectivity index (χ4n) is 5.34. The number of hydrogen-bond donors (Lipinski definition) is 3. The maximum absolute atomic E-state index is 12.4. The van der Waals surface area contributed by atoms with Crippen LogP contribution in [0.2, 0.25) is 0 Å². The molecular weight excluding hydrogens is 521 g/mol. The van der Waals surface area contributed by atoms with E-state index in [4.69, 9.17) is 14.2 Å². The van der Waals surface area contributed by atoms with Crippen LogP contribution in [0.15, 0.2) is 12.2 Å². The number of carbonyl (C=O) groups is 4. The largest absolute Gasteiger partial charge is 0.460 e. The summed E-state index contributed by atoms with van der Waals surface area (Å²) in [7, 11) is 0. The fraction of sp³-hybridized carbons (Fsp3) is 0.793. The summed E-state index contributed by atoms with van der Waals surface area (Å²) in [5.74, 6) is -0.458. The van der Waals surface area contributed by atoms with E-state index in [1.54, 1.807) is 6.92 Å². The van der Waals surface area contributed by atoms with Crippen LogP contribution in [-0.4, -0.2) is 69.7 Å². The maximum Gasteiger partial charge on any atom is 0.407 e. The lowest BCUT2D eigenvalue weighted by Gasteiger charge is -2.46. The molecule has 0 spiro atoms. The first-order valence-electron chi connectivity index (χ1n) is 14.3. The van der Waals surface area contributed by atoms with Gasteiger partial charge in [-0.25, -0.2) is 18.8 Å². The molecule has 0 aromatic heterocycles. The van der Waals surface area contributed by atoms with Crippen molar-refractivity contribution in [3.63, 3.8) is 0 Å². The molecule has 1 aliphatic rings. The summed E-state index contributed by atoms with van der Waals surface area (Å²) in [6.45, 7) is 11.6. The van der Waals surface area contributed by atoms with Crippen LogP contribution in [-0.2, 0) is 23.8 Å². The summed E-state index contributed by atoms with van der Waals surface area (Å²) < 4.78 is 27.1. The molecule has 0 bridgehead atoms. The number of ether oxygens (including phenoxy) is 3.